The lowest BCUT2D eigenvalue weighted by atomic mass is 10.1. The molecule has 0 aliphatic carbocycles. The molecule has 1 atom stereocenters. The molecule has 0 spiro atoms. The van der Waals surface area contributed by atoms with Crippen LogP contribution in [0.15, 0.2) is 46.9 Å². The van der Waals surface area contributed by atoms with Gasteiger partial charge in [-0.05, 0) is 47.9 Å². The minimum atomic E-state index is 0.194. The summed E-state index contributed by atoms with van der Waals surface area (Å²) in [6.45, 7) is 1.49. The number of hydrogen-bond donors (Lipinski definition) is 0. The fraction of sp³-hybridized carbons (Fsp3) is 0.294. The van der Waals surface area contributed by atoms with Crippen LogP contribution in [0, 0.1) is 0 Å². The van der Waals surface area contributed by atoms with E-state index in [0.29, 0.717) is 6.61 Å². The summed E-state index contributed by atoms with van der Waals surface area (Å²) in [4.78, 5) is 0. The molecule has 1 fully saturated rings. The van der Waals surface area contributed by atoms with Crippen molar-refractivity contribution < 1.29 is 9.47 Å². The maximum absolute atomic E-state index is 6.07. The summed E-state index contributed by atoms with van der Waals surface area (Å²) in [6.07, 6.45) is 2.02. The Morgan fingerprint density at radius 2 is 1.95 bits per heavy atom. The first-order valence-electron chi connectivity index (χ1n) is 6.97. The molecule has 0 unspecified atom stereocenters. The number of ether oxygens (including phenoxy) is 2. The molecule has 3 rings (SSSR count). The van der Waals surface area contributed by atoms with Crippen molar-refractivity contribution >= 4 is 27.5 Å². The van der Waals surface area contributed by atoms with E-state index in [9.17, 15) is 0 Å². The van der Waals surface area contributed by atoms with Crippen molar-refractivity contribution in [2.75, 3.05) is 13.2 Å². The largest absolute Gasteiger partial charge is 0.488 e. The van der Waals surface area contributed by atoms with Crippen LogP contribution in [0.2, 0.25) is 5.02 Å². The van der Waals surface area contributed by atoms with Gasteiger partial charge in [0.2, 0.25) is 0 Å². The second-order valence-electron chi connectivity index (χ2n) is 5.20. The van der Waals surface area contributed by atoms with Gasteiger partial charge in [0.1, 0.15) is 11.9 Å². The summed E-state index contributed by atoms with van der Waals surface area (Å²) >= 11 is 9.55. The van der Waals surface area contributed by atoms with Gasteiger partial charge in [-0.3, -0.25) is 0 Å². The first kappa shape index (κ1) is 14.9. The zero-order valence-electron chi connectivity index (χ0n) is 11.5. The molecule has 110 valence electrons. The van der Waals surface area contributed by atoms with Crippen molar-refractivity contribution in [3.63, 3.8) is 0 Å². The molecule has 0 aromatic heterocycles. The van der Waals surface area contributed by atoms with Crippen LogP contribution < -0.4 is 4.74 Å². The van der Waals surface area contributed by atoms with Gasteiger partial charge in [-0.25, -0.2) is 0 Å². The molecule has 0 N–H and O–H groups in total. The fourth-order valence-electron chi connectivity index (χ4n) is 2.43. The Morgan fingerprint density at radius 1 is 1.14 bits per heavy atom. The second kappa shape index (κ2) is 6.82. The third-order valence-electron chi connectivity index (χ3n) is 3.44. The molecule has 1 aliphatic heterocycles. The molecular formula is C17H16BrClO2. The highest BCUT2D eigenvalue weighted by molar-refractivity contribution is 9.10. The molecule has 1 aliphatic rings. The van der Waals surface area contributed by atoms with Crippen molar-refractivity contribution in [3.05, 3.63) is 63.1 Å². The average molecular weight is 368 g/mol. The number of benzene rings is 2. The molecule has 2 nitrogen and oxygen atoms in total. The van der Waals surface area contributed by atoms with E-state index in [-0.39, 0.29) is 6.10 Å². The van der Waals surface area contributed by atoms with E-state index in [1.807, 2.05) is 24.3 Å². The lowest BCUT2D eigenvalue weighted by molar-refractivity contribution is 0.141. The van der Waals surface area contributed by atoms with E-state index in [4.69, 9.17) is 21.1 Å². The third kappa shape index (κ3) is 4.22. The Hall–Kier alpha value is -1.03. The van der Waals surface area contributed by atoms with Crippen LogP contribution in [0.5, 0.6) is 5.75 Å². The van der Waals surface area contributed by atoms with Gasteiger partial charge in [-0.1, -0.05) is 39.7 Å². The van der Waals surface area contributed by atoms with Crippen molar-refractivity contribution in [2.24, 2.45) is 0 Å². The van der Waals surface area contributed by atoms with Crippen LogP contribution in [0.4, 0.5) is 0 Å². The maximum atomic E-state index is 6.07. The molecule has 2 aromatic carbocycles. The van der Waals surface area contributed by atoms with Crippen LogP contribution in [0.3, 0.4) is 0 Å². The normalized spacial score (nSPS) is 17.9. The highest BCUT2D eigenvalue weighted by atomic mass is 79.9. The van der Waals surface area contributed by atoms with E-state index < -0.39 is 0 Å². The van der Waals surface area contributed by atoms with Crippen LogP contribution in [-0.4, -0.2) is 19.3 Å². The molecule has 0 saturated carbocycles. The molecule has 4 heteroatoms. The maximum Gasteiger partial charge on any atom is 0.124 e. The third-order valence-corrected chi connectivity index (χ3v) is 4.12. The fourth-order valence-corrected chi connectivity index (χ4v) is 3.36. The molecular weight excluding hydrogens is 352 g/mol. The monoisotopic (exact) mass is 366 g/mol. The van der Waals surface area contributed by atoms with Gasteiger partial charge in [0.05, 0.1) is 13.2 Å². The van der Waals surface area contributed by atoms with Gasteiger partial charge in [-0.2, -0.15) is 0 Å². The predicted molar refractivity (Wildman–Crippen MR) is 88.3 cm³/mol. The smallest absolute Gasteiger partial charge is 0.124 e. The molecule has 0 bridgehead atoms. The van der Waals surface area contributed by atoms with Crippen molar-refractivity contribution in [2.45, 2.75) is 18.9 Å². The zero-order chi connectivity index (χ0) is 14.7. The summed E-state index contributed by atoms with van der Waals surface area (Å²) in [5, 5.41) is 0.751. The highest BCUT2D eigenvalue weighted by Crippen LogP contribution is 2.23. The average Bonchev–Trinajstić information content (AvgIpc) is 2.93. The van der Waals surface area contributed by atoms with E-state index in [1.54, 1.807) is 0 Å². The Bertz CT molecular complexity index is 586. The SMILES string of the molecule is Clc1cc(Br)cc(Cc2ccc(O[C@H]3CCOC3)cc2)c1. The van der Waals surface area contributed by atoms with Crippen LogP contribution >= 0.6 is 27.5 Å². The van der Waals surface area contributed by atoms with Gasteiger partial charge < -0.3 is 9.47 Å². The first-order valence-corrected chi connectivity index (χ1v) is 8.14. The van der Waals surface area contributed by atoms with Gasteiger partial charge in [0.15, 0.2) is 0 Å². The number of rotatable bonds is 4. The molecule has 2 aromatic rings. The summed E-state index contributed by atoms with van der Waals surface area (Å²) in [7, 11) is 0. The molecule has 0 amide bonds. The van der Waals surface area contributed by atoms with E-state index >= 15 is 0 Å². The minimum Gasteiger partial charge on any atom is -0.488 e. The number of hydrogen-bond acceptors (Lipinski definition) is 2. The Balaban J connectivity index is 1.66. The quantitative estimate of drug-likeness (QED) is 0.768. The van der Waals surface area contributed by atoms with Crippen LogP contribution in [0.25, 0.3) is 0 Å². The second-order valence-corrected chi connectivity index (χ2v) is 6.55. The van der Waals surface area contributed by atoms with Crippen molar-refractivity contribution in [1.82, 2.24) is 0 Å². The molecule has 1 heterocycles. The Kier molecular flexibility index (Phi) is 4.84. The first-order chi connectivity index (χ1) is 10.2. The number of halogens is 2. The van der Waals surface area contributed by atoms with Crippen molar-refractivity contribution in [3.8, 4) is 5.75 Å². The van der Waals surface area contributed by atoms with Crippen LogP contribution in [-0.2, 0) is 11.2 Å². The topological polar surface area (TPSA) is 18.5 Å². The highest BCUT2D eigenvalue weighted by Gasteiger charge is 2.16. The lowest BCUT2D eigenvalue weighted by Gasteiger charge is -2.12. The minimum absolute atomic E-state index is 0.194. The predicted octanol–water partition coefficient (Wildman–Crippen LogP) is 4.86. The summed E-state index contributed by atoms with van der Waals surface area (Å²) in [5.74, 6) is 0.904. The zero-order valence-corrected chi connectivity index (χ0v) is 13.9. The van der Waals surface area contributed by atoms with E-state index in [1.165, 1.54) is 11.1 Å². The van der Waals surface area contributed by atoms with Gasteiger partial charge in [0, 0.05) is 15.9 Å². The Morgan fingerprint density at radius 3 is 2.62 bits per heavy atom. The van der Waals surface area contributed by atoms with Crippen molar-refractivity contribution in [1.29, 1.82) is 0 Å². The molecule has 21 heavy (non-hydrogen) atoms. The summed E-state index contributed by atoms with van der Waals surface area (Å²) in [5.41, 5.74) is 2.42. The van der Waals surface area contributed by atoms with E-state index in [2.05, 4.69) is 34.1 Å². The molecule has 1 saturated heterocycles. The van der Waals surface area contributed by atoms with Gasteiger partial charge in [0.25, 0.3) is 0 Å². The van der Waals surface area contributed by atoms with E-state index in [0.717, 1.165) is 34.7 Å². The lowest BCUT2D eigenvalue weighted by Crippen LogP contribution is -2.15. The van der Waals surface area contributed by atoms with Crippen LogP contribution in [0.1, 0.15) is 17.5 Å². The standard InChI is InChI=1S/C17H16BrClO2/c18-14-8-13(9-15(19)10-14)7-12-1-3-16(4-2-12)21-17-5-6-20-11-17/h1-4,8-10,17H,5-7,11H2/t17-/m0/s1. The summed E-state index contributed by atoms with van der Waals surface area (Å²) in [6, 6.07) is 14.2. The Labute approximate surface area is 138 Å². The summed E-state index contributed by atoms with van der Waals surface area (Å²) < 4.78 is 12.2. The van der Waals surface area contributed by atoms with Gasteiger partial charge >= 0.3 is 0 Å². The van der Waals surface area contributed by atoms with Gasteiger partial charge in [-0.15, -0.1) is 0 Å². The molecule has 0 radical (unpaired) electrons.